The predicted octanol–water partition coefficient (Wildman–Crippen LogP) is 3.66. The van der Waals surface area contributed by atoms with E-state index in [4.69, 9.17) is 16.3 Å². The zero-order valence-electron chi connectivity index (χ0n) is 11.2. The number of halogens is 1. The van der Waals surface area contributed by atoms with Crippen LogP contribution in [0.25, 0.3) is 0 Å². The van der Waals surface area contributed by atoms with Crippen LogP contribution in [0.5, 0.6) is 0 Å². The smallest absolute Gasteiger partial charge is 0.160 e. The molecule has 1 saturated carbocycles. The quantitative estimate of drug-likeness (QED) is 0.782. The molecule has 18 heavy (non-hydrogen) atoms. The van der Waals surface area contributed by atoms with Crippen LogP contribution in [0.3, 0.4) is 0 Å². The summed E-state index contributed by atoms with van der Waals surface area (Å²) in [5.74, 6) is 2.06. The van der Waals surface area contributed by atoms with Crippen LogP contribution in [0.1, 0.15) is 50.9 Å². The molecule has 0 saturated heterocycles. The van der Waals surface area contributed by atoms with E-state index in [2.05, 4.69) is 16.9 Å². The van der Waals surface area contributed by atoms with Gasteiger partial charge in [0.15, 0.2) is 5.82 Å². The van der Waals surface area contributed by atoms with Crippen molar-refractivity contribution in [1.29, 1.82) is 0 Å². The summed E-state index contributed by atoms with van der Waals surface area (Å²) in [5, 5.41) is 0. The lowest BCUT2D eigenvalue weighted by molar-refractivity contribution is -0.0837. The maximum Gasteiger partial charge on any atom is 0.160 e. The summed E-state index contributed by atoms with van der Waals surface area (Å²) in [7, 11) is 0. The molecule has 0 radical (unpaired) electrons. The highest BCUT2D eigenvalue weighted by atomic mass is 35.5. The van der Waals surface area contributed by atoms with Crippen molar-refractivity contribution >= 4 is 11.6 Å². The summed E-state index contributed by atoms with van der Waals surface area (Å²) >= 11 is 5.77. The molecule has 4 heteroatoms. The van der Waals surface area contributed by atoms with Crippen LogP contribution >= 0.6 is 11.6 Å². The Bertz CT molecular complexity index is 372. The van der Waals surface area contributed by atoms with Crippen molar-refractivity contribution in [3.8, 4) is 0 Å². The molecule has 1 aromatic heterocycles. The number of ether oxygens (including phenoxy) is 1. The fourth-order valence-electron chi connectivity index (χ4n) is 2.60. The molecule has 1 heterocycles. The van der Waals surface area contributed by atoms with Gasteiger partial charge in [-0.3, -0.25) is 0 Å². The van der Waals surface area contributed by atoms with Gasteiger partial charge in [0, 0.05) is 24.6 Å². The molecular formula is C14H21ClN2O. The van der Waals surface area contributed by atoms with Gasteiger partial charge in [0.1, 0.15) is 5.60 Å². The fraction of sp³-hybridized carbons (Fsp3) is 0.714. The largest absolute Gasteiger partial charge is 0.367 e. The first kappa shape index (κ1) is 13.8. The molecule has 0 bridgehead atoms. The second kappa shape index (κ2) is 5.98. The second-order valence-electron chi connectivity index (χ2n) is 5.16. The van der Waals surface area contributed by atoms with Crippen molar-refractivity contribution in [3.05, 3.63) is 23.8 Å². The van der Waals surface area contributed by atoms with E-state index in [1.807, 2.05) is 19.3 Å². The second-order valence-corrected chi connectivity index (χ2v) is 5.43. The lowest BCUT2D eigenvalue weighted by atomic mass is 9.79. The first-order chi connectivity index (χ1) is 8.70. The minimum Gasteiger partial charge on any atom is -0.367 e. The Morgan fingerprint density at radius 2 is 1.94 bits per heavy atom. The summed E-state index contributed by atoms with van der Waals surface area (Å²) in [6.45, 7) is 5.04. The molecule has 0 aliphatic heterocycles. The molecule has 100 valence electrons. The van der Waals surface area contributed by atoms with Crippen molar-refractivity contribution in [2.45, 2.75) is 51.0 Å². The van der Waals surface area contributed by atoms with Crippen molar-refractivity contribution in [1.82, 2.24) is 9.97 Å². The van der Waals surface area contributed by atoms with Gasteiger partial charge in [0.25, 0.3) is 0 Å². The summed E-state index contributed by atoms with van der Waals surface area (Å²) in [6.07, 6.45) is 8.02. The molecule has 1 fully saturated rings. The van der Waals surface area contributed by atoms with Gasteiger partial charge < -0.3 is 4.74 Å². The summed E-state index contributed by atoms with van der Waals surface area (Å²) in [4.78, 5) is 8.94. The minimum atomic E-state index is -0.272. The van der Waals surface area contributed by atoms with Gasteiger partial charge in [-0.25, -0.2) is 9.97 Å². The summed E-state index contributed by atoms with van der Waals surface area (Å²) in [5.41, 5.74) is 0.683. The van der Waals surface area contributed by atoms with Crippen LogP contribution in [0.2, 0.25) is 0 Å². The maximum absolute atomic E-state index is 6.02. The van der Waals surface area contributed by atoms with E-state index >= 15 is 0 Å². The number of aromatic nitrogens is 2. The van der Waals surface area contributed by atoms with Gasteiger partial charge in [-0.2, -0.15) is 0 Å². The third-order valence-corrected chi connectivity index (χ3v) is 4.08. The third kappa shape index (κ3) is 2.83. The van der Waals surface area contributed by atoms with Gasteiger partial charge in [0.2, 0.25) is 0 Å². The van der Waals surface area contributed by atoms with Crippen LogP contribution in [0.15, 0.2) is 12.4 Å². The third-order valence-electron chi connectivity index (χ3n) is 3.77. The SMILES string of the molecule is CCOC1(c2ncc(CCl)cn2)CCC(C)CC1. The molecule has 1 aliphatic carbocycles. The topological polar surface area (TPSA) is 35.0 Å². The zero-order valence-corrected chi connectivity index (χ0v) is 11.9. The van der Waals surface area contributed by atoms with E-state index in [1.165, 1.54) is 12.8 Å². The zero-order chi connectivity index (χ0) is 13.0. The highest BCUT2D eigenvalue weighted by Gasteiger charge is 2.39. The average Bonchev–Trinajstić information content (AvgIpc) is 2.42. The number of hydrogen-bond donors (Lipinski definition) is 0. The van der Waals surface area contributed by atoms with Crippen LogP contribution in [0.4, 0.5) is 0 Å². The van der Waals surface area contributed by atoms with Crippen LogP contribution in [0, 0.1) is 5.92 Å². The predicted molar refractivity (Wildman–Crippen MR) is 72.5 cm³/mol. The first-order valence-electron chi connectivity index (χ1n) is 6.71. The van der Waals surface area contributed by atoms with E-state index in [1.54, 1.807) is 0 Å². The van der Waals surface area contributed by atoms with E-state index in [9.17, 15) is 0 Å². The number of rotatable bonds is 4. The van der Waals surface area contributed by atoms with E-state index in [-0.39, 0.29) is 5.60 Å². The Balaban J connectivity index is 2.22. The maximum atomic E-state index is 6.02. The standard InChI is InChI=1S/C14H21ClN2O/c1-3-18-14(6-4-11(2)5-7-14)13-16-9-12(8-15)10-17-13/h9-11H,3-8H2,1-2H3. The number of nitrogens with zero attached hydrogens (tertiary/aromatic N) is 2. The van der Waals surface area contributed by atoms with Gasteiger partial charge in [-0.1, -0.05) is 6.92 Å². The number of alkyl halides is 1. The molecule has 1 aromatic rings. The Morgan fingerprint density at radius 1 is 1.33 bits per heavy atom. The van der Waals surface area contributed by atoms with Gasteiger partial charge in [0.05, 0.1) is 5.88 Å². The van der Waals surface area contributed by atoms with Gasteiger partial charge in [-0.05, 0) is 38.5 Å². The van der Waals surface area contributed by atoms with Crippen molar-refractivity contribution < 1.29 is 4.74 Å². The highest BCUT2D eigenvalue weighted by Crippen LogP contribution is 2.40. The van der Waals surface area contributed by atoms with Crippen LogP contribution in [-0.4, -0.2) is 16.6 Å². The van der Waals surface area contributed by atoms with Crippen LogP contribution < -0.4 is 0 Å². The summed E-state index contributed by atoms with van der Waals surface area (Å²) in [6, 6.07) is 0. The molecule has 0 aromatic carbocycles. The van der Waals surface area contributed by atoms with Gasteiger partial charge in [-0.15, -0.1) is 11.6 Å². The minimum absolute atomic E-state index is 0.272. The summed E-state index contributed by atoms with van der Waals surface area (Å²) < 4.78 is 6.02. The Kier molecular flexibility index (Phi) is 4.57. The highest BCUT2D eigenvalue weighted by molar-refractivity contribution is 6.17. The van der Waals surface area contributed by atoms with Crippen LogP contribution in [-0.2, 0) is 16.2 Å². The molecule has 0 amide bonds. The monoisotopic (exact) mass is 268 g/mol. The molecule has 2 rings (SSSR count). The van der Waals surface area contributed by atoms with Crippen molar-refractivity contribution in [3.63, 3.8) is 0 Å². The first-order valence-corrected chi connectivity index (χ1v) is 7.25. The normalized spacial score (nSPS) is 28.3. The number of hydrogen-bond acceptors (Lipinski definition) is 3. The molecule has 0 atom stereocenters. The van der Waals surface area contributed by atoms with Gasteiger partial charge >= 0.3 is 0 Å². The Labute approximate surface area is 114 Å². The lowest BCUT2D eigenvalue weighted by Crippen LogP contribution is -2.36. The Hall–Kier alpha value is -0.670. The molecule has 0 spiro atoms. The van der Waals surface area contributed by atoms with Crippen molar-refractivity contribution in [2.75, 3.05) is 6.61 Å². The molecular weight excluding hydrogens is 248 g/mol. The molecule has 3 nitrogen and oxygen atoms in total. The van der Waals surface area contributed by atoms with E-state index in [0.29, 0.717) is 12.5 Å². The Morgan fingerprint density at radius 3 is 2.44 bits per heavy atom. The van der Waals surface area contributed by atoms with Crippen molar-refractivity contribution in [2.24, 2.45) is 5.92 Å². The molecule has 0 unspecified atom stereocenters. The average molecular weight is 269 g/mol. The molecule has 0 N–H and O–H groups in total. The lowest BCUT2D eigenvalue weighted by Gasteiger charge is -2.37. The van der Waals surface area contributed by atoms with E-state index < -0.39 is 0 Å². The molecule has 1 aliphatic rings. The van der Waals surface area contributed by atoms with E-state index in [0.717, 1.165) is 30.1 Å². The fourth-order valence-corrected chi connectivity index (χ4v) is 2.73.